The molecule has 0 saturated heterocycles. The van der Waals surface area contributed by atoms with Gasteiger partial charge in [0.1, 0.15) is 24.7 Å². The van der Waals surface area contributed by atoms with E-state index in [2.05, 4.69) is 43.0 Å². The molecule has 28 heavy (non-hydrogen) atoms. The van der Waals surface area contributed by atoms with Crippen molar-refractivity contribution in [1.29, 1.82) is 0 Å². The fourth-order valence-electron chi connectivity index (χ4n) is 3.23. The van der Waals surface area contributed by atoms with Gasteiger partial charge in [-0.05, 0) is 23.3 Å². The third kappa shape index (κ3) is 3.91. The van der Waals surface area contributed by atoms with Crippen molar-refractivity contribution in [1.82, 2.24) is 0 Å². The van der Waals surface area contributed by atoms with E-state index in [1.54, 1.807) is 0 Å². The summed E-state index contributed by atoms with van der Waals surface area (Å²) in [5.74, 6) is 1.68. The normalized spacial score (nSPS) is 10.6. The van der Waals surface area contributed by atoms with Crippen molar-refractivity contribution < 1.29 is 9.47 Å². The average Bonchev–Trinajstić information content (AvgIpc) is 2.77. The summed E-state index contributed by atoms with van der Waals surface area (Å²) in [6.07, 6.45) is 1.83. The molecule has 0 fully saturated rings. The molecule has 0 spiro atoms. The monoisotopic (exact) mass is 366 g/mol. The van der Waals surface area contributed by atoms with E-state index < -0.39 is 0 Å². The van der Waals surface area contributed by atoms with Gasteiger partial charge in [-0.2, -0.15) is 0 Å². The van der Waals surface area contributed by atoms with E-state index in [1.165, 1.54) is 0 Å². The summed E-state index contributed by atoms with van der Waals surface area (Å²) in [5, 5.41) is 2.06. The molecule has 0 radical (unpaired) electrons. The standard InChI is InChI=1S/C26H22O2/c1-2-22-16-17-23-24(26(22)28-19-21-12-7-4-8-13-21)14-9-15-25(23)27-18-20-10-5-3-6-11-20/h2-17H,1,18-19H2. The van der Waals surface area contributed by atoms with Crippen molar-refractivity contribution in [2.75, 3.05) is 0 Å². The highest BCUT2D eigenvalue weighted by Crippen LogP contribution is 2.36. The molecule has 0 atom stereocenters. The number of rotatable bonds is 7. The molecule has 0 aliphatic heterocycles. The predicted octanol–water partition coefficient (Wildman–Crippen LogP) is 6.64. The van der Waals surface area contributed by atoms with Gasteiger partial charge < -0.3 is 9.47 Å². The molecule has 0 aromatic heterocycles. The summed E-state index contributed by atoms with van der Waals surface area (Å²) in [5.41, 5.74) is 3.25. The lowest BCUT2D eigenvalue weighted by molar-refractivity contribution is 0.306. The molecule has 4 rings (SSSR count). The summed E-state index contributed by atoms with van der Waals surface area (Å²) in [6, 6.07) is 30.5. The van der Waals surface area contributed by atoms with Crippen molar-refractivity contribution in [3.05, 3.63) is 114 Å². The van der Waals surface area contributed by atoms with Crippen LogP contribution in [0.25, 0.3) is 16.8 Å². The van der Waals surface area contributed by atoms with Crippen LogP contribution >= 0.6 is 0 Å². The number of hydrogen-bond acceptors (Lipinski definition) is 2. The number of benzene rings is 4. The van der Waals surface area contributed by atoms with Gasteiger partial charge in [-0.15, -0.1) is 0 Å². The summed E-state index contributed by atoms with van der Waals surface area (Å²) >= 11 is 0. The van der Waals surface area contributed by atoms with Crippen molar-refractivity contribution >= 4 is 16.8 Å². The van der Waals surface area contributed by atoms with Gasteiger partial charge in [-0.25, -0.2) is 0 Å². The molecule has 0 heterocycles. The van der Waals surface area contributed by atoms with Gasteiger partial charge in [0, 0.05) is 16.3 Å². The summed E-state index contributed by atoms with van der Waals surface area (Å²) < 4.78 is 12.3. The van der Waals surface area contributed by atoms with Crippen LogP contribution in [0.2, 0.25) is 0 Å². The van der Waals surface area contributed by atoms with Crippen LogP contribution in [0.1, 0.15) is 16.7 Å². The second-order valence-corrected chi connectivity index (χ2v) is 6.59. The quantitative estimate of drug-likeness (QED) is 0.365. The minimum atomic E-state index is 0.510. The molecule has 138 valence electrons. The van der Waals surface area contributed by atoms with Gasteiger partial charge in [0.05, 0.1) is 0 Å². The first-order valence-corrected chi connectivity index (χ1v) is 9.37. The van der Waals surface area contributed by atoms with Gasteiger partial charge in [0.2, 0.25) is 0 Å². The lowest BCUT2D eigenvalue weighted by Gasteiger charge is -2.15. The first-order valence-electron chi connectivity index (χ1n) is 9.37. The smallest absolute Gasteiger partial charge is 0.134 e. The topological polar surface area (TPSA) is 18.5 Å². The number of fused-ring (bicyclic) bond motifs is 1. The van der Waals surface area contributed by atoms with E-state index in [-0.39, 0.29) is 0 Å². The number of hydrogen-bond donors (Lipinski definition) is 0. The summed E-state index contributed by atoms with van der Waals surface area (Å²) in [6.45, 7) is 4.98. The Bertz CT molecular complexity index is 1070. The molecule has 4 aromatic carbocycles. The molecule has 0 saturated carbocycles. The minimum absolute atomic E-state index is 0.510. The van der Waals surface area contributed by atoms with Gasteiger partial charge in [0.25, 0.3) is 0 Å². The largest absolute Gasteiger partial charge is 0.488 e. The van der Waals surface area contributed by atoms with Gasteiger partial charge in [-0.1, -0.05) is 91.5 Å². The van der Waals surface area contributed by atoms with Crippen LogP contribution in [-0.2, 0) is 13.2 Å². The van der Waals surface area contributed by atoms with Crippen molar-refractivity contribution in [3.63, 3.8) is 0 Å². The van der Waals surface area contributed by atoms with Crippen molar-refractivity contribution in [2.45, 2.75) is 13.2 Å². The van der Waals surface area contributed by atoms with Crippen LogP contribution < -0.4 is 9.47 Å². The summed E-state index contributed by atoms with van der Waals surface area (Å²) in [4.78, 5) is 0. The Hall–Kier alpha value is -3.52. The lowest BCUT2D eigenvalue weighted by Crippen LogP contribution is -1.99. The third-order valence-corrected chi connectivity index (χ3v) is 4.69. The second-order valence-electron chi connectivity index (χ2n) is 6.59. The molecule has 0 N–H and O–H groups in total. The van der Waals surface area contributed by atoms with Gasteiger partial charge in [0.15, 0.2) is 0 Å². The maximum Gasteiger partial charge on any atom is 0.134 e. The molecule has 0 aliphatic rings. The molecule has 0 aliphatic carbocycles. The first kappa shape index (κ1) is 17.9. The maximum atomic E-state index is 6.22. The summed E-state index contributed by atoms with van der Waals surface area (Å²) in [7, 11) is 0. The molecular formula is C26H22O2. The van der Waals surface area contributed by atoms with Crippen LogP contribution in [0.5, 0.6) is 11.5 Å². The SMILES string of the molecule is C=Cc1ccc2c(OCc3ccccc3)cccc2c1OCc1ccccc1. The van der Waals surface area contributed by atoms with E-state index in [0.717, 1.165) is 39.0 Å². The van der Waals surface area contributed by atoms with Crippen LogP contribution in [0.3, 0.4) is 0 Å². The zero-order chi connectivity index (χ0) is 19.2. The van der Waals surface area contributed by atoms with Crippen LogP contribution in [-0.4, -0.2) is 0 Å². The minimum Gasteiger partial charge on any atom is -0.488 e. The van der Waals surface area contributed by atoms with E-state index in [4.69, 9.17) is 9.47 Å². The molecule has 4 aromatic rings. The Morgan fingerprint density at radius 3 is 1.89 bits per heavy atom. The Morgan fingerprint density at radius 2 is 1.25 bits per heavy atom. The molecule has 0 bridgehead atoms. The van der Waals surface area contributed by atoms with E-state index in [1.807, 2.05) is 60.7 Å². The highest BCUT2D eigenvalue weighted by atomic mass is 16.5. The molecule has 2 nitrogen and oxygen atoms in total. The Morgan fingerprint density at radius 1 is 0.607 bits per heavy atom. The second kappa shape index (κ2) is 8.45. The van der Waals surface area contributed by atoms with Gasteiger partial charge in [-0.3, -0.25) is 0 Å². The lowest BCUT2D eigenvalue weighted by atomic mass is 10.0. The maximum absolute atomic E-state index is 6.22. The molecular weight excluding hydrogens is 344 g/mol. The molecule has 0 unspecified atom stereocenters. The van der Waals surface area contributed by atoms with E-state index >= 15 is 0 Å². The zero-order valence-electron chi connectivity index (χ0n) is 15.7. The highest BCUT2D eigenvalue weighted by Gasteiger charge is 2.11. The van der Waals surface area contributed by atoms with Crippen molar-refractivity contribution in [3.8, 4) is 11.5 Å². The fourth-order valence-corrected chi connectivity index (χ4v) is 3.23. The van der Waals surface area contributed by atoms with Crippen molar-refractivity contribution in [2.24, 2.45) is 0 Å². The van der Waals surface area contributed by atoms with Crippen LogP contribution in [0.4, 0.5) is 0 Å². The third-order valence-electron chi connectivity index (χ3n) is 4.69. The Balaban J connectivity index is 1.65. The van der Waals surface area contributed by atoms with E-state index in [9.17, 15) is 0 Å². The first-order chi connectivity index (χ1) is 13.8. The van der Waals surface area contributed by atoms with Crippen LogP contribution in [0.15, 0.2) is 97.6 Å². The number of ether oxygens (including phenoxy) is 2. The van der Waals surface area contributed by atoms with Crippen LogP contribution in [0, 0.1) is 0 Å². The fraction of sp³-hybridized carbons (Fsp3) is 0.0769. The van der Waals surface area contributed by atoms with Gasteiger partial charge >= 0.3 is 0 Å². The average molecular weight is 366 g/mol. The molecule has 0 amide bonds. The van der Waals surface area contributed by atoms with E-state index in [0.29, 0.717) is 13.2 Å². The Labute approximate surface area is 165 Å². The highest BCUT2D eigenvalue weighted by molar-refractivity contribution is 5.95. The molecule has 2 heteroatoms. The Kier molecular flexibility index (Phi) is 5.39. The zero-order valence-corrected chi connectivity index (χ0v) is 15.7. The predicted molar refractivity (Wildman–Crippen MR) is 116 cm³/mol.